The Kier molecular flexibility index (Phi) is 3.96. The molecule has 88 valence electrons. The van der Waals surface area contributed by atoms with Crippen molar-refractivity contribution in [3.05, 3.63) is 17.4 Å². The maximum atomic E-state index is 8.77. The van der Waals surface area contributed by atoms with Gasteiger partial charge in [-0.05, 0) is 25.7 Å². The quantitative estimate of drug-likeness (QED) is 0.773. The van der Waals surface area contributed by atoms with Crippen LogP contribution in [0, 0.1) is 0 Å². The van der Waals surface area contributed by atoms with E-state index in [9.17, 15) is 0 Å². The number of rotatable bonds is 6. The van der Waals surface area contributed by atoms with Crippen molar-refractivity contribution in [2.24, 2.45) is 0 Å². The van der Waals surface area contributed by atoms with E-state index in [-0.39, 0.29) is 6.61 Å². The van der Waals surface area contributed by atoms with Gasteiger partial charge in [0.1, 0.15) is 0 Å². The zero-order valence-electron chi connectivity index (χ0n) is 9.14. The first-order chi connectivity index (χ1) is 7.81. The highest BCUT2D eigenvalue weighted by Crippen LogP contribution is 2.29. The molecule has 0 aliphatic heterocycles. The topological polar surface area (TPSA) is 49.2 Å². The van der Waals surface area contributed by atoms with Gasteiger partial charge >= 0.3 is 0 Å². The lowest BCUT2D eigenvalue weighted by atomic mass is 10.3. The van der Waals surface area contributed by atoms with E-state index < -0.39 is 0 Å². The number of unbranched alkanes of at least 4 members (excludes halogenated alkanes) is 1. The van der Waals surface area contributed by atoms with Crippen molar-refractivity contribution in [1.82, 2.24) is 9.97 Å². The number of hydrogen-bond acceptors (Lipinski definition) is 4. The molecule has 1 heterocycles. The molecule has 4 nitrogen and oxygen atoms in total. The number of anilines is 1. The molecule has 0 amide bonds. The third-order valence-corrected chi connectivity index (χ3v) is 2.85. The largest absolute Gasteiger partial charge is 0.396 e. The van der Waals surface area contributed by atoms with Gasteiger partial charge in [-0.1, -0.05) is 11.6 Å². The van der Waals surface area contributed by atoms with Crippen LogP contribution in [0.1, 0.15) is 25.7 Å². The average molecular weight is 242 g/mol. The second-order valence-corrected chi connectivity index (χ2v) is 4.49. The second kappa shape index (κ2) is 5.46. The van der Waals surface area contributed by atoms with E-state index in [1.54, 1.807) is 12.4 Å². The number of nitrogens with zero attached hydrogens (tertiary/aromatic N) is 3. The molecular formula is C11H16ClN3O. The van der Waals surface area contributed by atoms with Crippen molar-refractivity contribution in [2.45, 2.75) is 31.7 Å². The summed E-state index contributed by atoms with van der Waals surface area (Å²) in [7, 11) is 0. The summed E-state index contributed by atoms with van der Waals surface area (Å²) in [6.45, 7) is 1.16. The van der Waals surface area contributed by atoms with Crippen LogP contribution in [0.3, 0.4) is 0 Å². The van der Waals surface area contributed by atoms with E-state index in [4.69, 9.17) is 16.7 Å². The summed E-state index contributed by atoms with van der Waals surface area (Å²) in [5, 5.41) is 9.34. The third-order valence-electron chi connectivity index (χ3n) is 2.66. The smallest absolute Gasteiger partial charge is 0.225 e. The lowest BCUT2D eigenvalue weighted by Crippen LogP contribution is -2.28. The Morgan fingerprint density at radius 2 is 2.00 bits per heavy atom. The van der Waals surface area contributed by atoms with Crippen molar-refractivity contribution < 1.29 is 5.11 Å². The molecule has 0 saturated heterocycles. The summed E-state index contributed by atoms with van der Waals surface area (Å²) in [5.41, 5.74) is 0. The van der Waals surface area contributed by atoms with Crippen LogP contribution in [0.15, 0.2) is 12.4 Å². The van der Waals surface area contributed by atoms with Crippen molar-refractivity contribution in [1.29, 1.82) is 0 Å². The normalized spacial score (nSPS) is 15.1. The molecular weight excluding hydrogens is 226 g/mol. The van der Waals surface area contributed by atoms with Crippen LogP contribution in [0.2, 0.25) is 5.02 Å². The lowest BCUT2D eigenvalue weighted by molar-refractivity contribution is 0.285. The van der Waals surface area contributed by atoms with Gasteiger partial charge in [0.15, 0.2) is 0 Å². The fourth-order valence-electron chi connectivity index (χ4n) is 1.68. The van der Waals surface area contributed by atoms with Crippen LogP contribution in [-0.2, 0) is 0 Å². The highest BCUT2D eigenvalue weighted by molar-refractivity contribution is 6.30. The van der Waals surface area contributed by atoms with Gasteiger partial charge in [-0.3, -0.25) is 0 Å². The van der Waals surface area contributed by atoms with Gasteiger partial charge in [0.25, 0.3) is 0 Å². The minimum atomic E-state index is 0.250. The summed E-state index contributed by atoms with van der Waals surface area (Å²) >= 11 is 5.76. The highest BCUT2D eigenvalue weighted by atomic mass is 35.5. The SMILES string of the molecule is OCCCCN(c1ncc(Cl)cn1)C1CC1. The van der Waals surface area contributed by atoms with Crippen molar-refractivity contribution in [3.8, 4) is 0 Å². The number of aliphatic hydroxyl groups is 1. The Hall–Kier alpha value is -0.870. The Morgan fingerprint density at radius 1 is 1.31 bits per heavy atom. The monoisotopic (exact) mass is 241 g/mol. The highest BCUT2D eigenvalue weighted by Gasteiger charge is 2.30. The summed E-state index contributed by atoms with van der Waals surface area (Å²) in [5.74, 6) is 0.754. The molecule has 2 rings (SSSR count). The van der Waals surface area contributed by atoms with Crippen LogP contribution in [0.5, 0.6) is 0 Å². The molecule has 0 unspecified atom stereocenters. The predicted molar refractivity (Wildman–Crippen MR) is 63.7 cm³/mol. The molecule has 1 fully saturated rings. The van der Waals surface area contributed by atoms with E-state index in [2.05, 4.69) is 14.9 Å². The number of halogens is 1. The van der Waals surface area contributed by atoms with Crippen LogP contribution in [0.25, 0.3) is 0 Å². The van der Waals surface area contributed by atoms with Gasteiger partial charge in [0, 0.05) is 19.2 Å². The van der Waals surface area contributed by atoms with Gasteiger partial charge in [-0.2, -0.15) is 0 Å². The summed E-state index contributed by atoms with van der Waals surface area (Å²) in [6.07, 6.45) is 7.49. The maximum absolute atomic E-state index is 8.77. The van der Waals surface area contributed by atoms with Gasteiger partial charge in [-0.15, -0.1) is 0 Å². The lowest BCUT2D eigenvalue weighted by Gasteiger charge is -2.21. The molecule has 0 bridgehead atoms. The molecule has 1 aliphatic rings. The minimum absolute atomic E-state index is 0.250. The number of aliphatic hydroxyl groups excluding tert-OH is 1. The first-order valence-corrected chi connectivity index (χ1v) is 6.04. The molecule has 16 heavy (non-hydrogen) atoms. The standard InChI is InChI=1S/C11H16ClN3O/c12-9-7-13-11(14-8-9)15(10-3-4-10)5-1-2-6-16/h7-8,10,16H,1-6H2. The summed E-state index contributed by atoms with van der Waals surface area (Å²) < 4.78 is 0. The Labute approximate surface area is 100 Å². The number of hydrogen-bond donors (Lipinski definition) is 1. The second-order valence-electron chi connectivity index (χ2n) is 4.06. The van der Waals surface area contributed by atoms with Crippen molar-refractivity contribution >= 4 is 17.5 Å². The van der Waals surface area contributed by atoms with E-state index >= 15 is 0 Å². The van der Waals surface area contributed by atoms with E-state index in [1.807, 2.05) is 0 Å². The maximum Gasteiger partial charge on any atom is 0.225 e. The predicted octanol–water partition coefficient (Wildman–Crippen LogP) is 1.87. The molecule has 0 spiro atoms. The molecule has 1 aromatic heterocycles. The van der Waals surface area contributed by atoms with Gasteiger partial charge in [0.2, 0.25) is 5.95 Å². The zero-order chi connectivity index (χ0) is 11.4. The first-order valence-electron chi connectivity index (χ1n) is 5.66. The molecule has 1 saturated carbocycles. The van der Waals surface area contributed by atoms with Crippen LogP contribution in [0.4, 0.5) is 5.95 Å². The molecule has 0 radical (unpaired) electrons. The van der Waals surface area contributed by atoms with Gasteiger partial charge in [-0.25, -0.2) is 9.97 Å². The minimum Gasteiger partial charge on any atom is -0.396 e. The van der Waals surface area contributed by atoms with Crippen LogP contribution < -0.4 is 4.90 Å². The zero-order valence-corrected chi connectivity index (χ0v) is 9.90. The fraction of sp³-hybridized carbons (Fsp3) is 0.636. The number of aromatic nitrogens is 2. The van der Waals surface area contributed by atoms with Crippen molar-refractivity contribution in [3.63, 3.8) is 0 Å². The summed E-state index contributed by atoms with van der Waals surface area (Å²) in [4.78, 5) is 10.7. The van der Waals surface area contributed by atoms with E-state index in [0.717, 1.165) is 25.3 Å². The van der Waals surface area contributed by atoms with E-state index in [0.29, 0.717) is 11.1 Å². The fourth-order valence-corrected chi connectivity index (χ4v) is 1.78. The Balaban J connectivity index is 1.98. The Morgan fingerprint density at radius 3 is 2.56 bits per heavy atom. The molecule has 0 aromatic carbocycles. The van der Waals surface area contributed by atoms with Crippen LogP contribution in [-0.4, -0.2) is 34.3 Å². The first kappa shape index (κ1) is 11.6. The molecule has 5 heteroatoms. The average Bonchev–Trinajstić information content (AvgIpc) is 3.10. The summed E-state index contributed by atoms with van der Waals surface area (Å²) in [6, 6.07) is 0.583. The van der Waals surface area contributed by atoms with Crippen molar-refractivity contribution in [2.75, 3.05) is 18.1 Å². The van der Waals surface area contributed by atoms with E-state index in [1.165, 1.54) is 12.8 Å². The molecule has 1 aliphatic carbocycles. The molecule has 1 N–H and O–H groups in total. The molecule has 0 atom stereocenters. The Bertz CT molecular complexity index is 327. The van der Waals surface area contributed by atoms with Crippen LogP contribution >= 0.6 is 11.6 Å². The van der Waals surface area contributed by atoms with Gasteiger partial charge < -0.3 is 10.0 Å². The van der Waals surface area contributed by atoms with Gasteiger partial charge in [0.05, 0.1) is 17.4 Å². The molecule has 1 aromatic rings. The third kappa shape index (κ3) is 3.06.